The highest BCUT2D eigenvalue weighted by molar-refractivity contribution is 5.94. The Morgan fingerprint density at radius 2 is 1.60 bits per heavy atom. The van der Waals surface area contributed by atoms with E-state index < -0.39 is 54.0 Å². The van der Waals surface area contributed by atoms with Crippen molar-refractivity contribution in [1.29, 1.82) is 0 Å². The number of amides is 3. The Balaban J connectivity index is 2.12. The van der Waals surface area contributed by atoms with Crippen LogP contribution in [0.15, 0.2) is 49.1 Å². The van der Waals surface area contributed by atoms with Crippen LogP contribution in [0.1, 0.15) is 17.5 Å². The molecule has 0 radical (unpaired) electrons. The number of carboxylic acid groups (broad SMARTS) is 1. The van der Waals surface area contributed by atoms with Gasteiger partial charge in [0.1, 0.15) is 29.6 Å². The molecule has 0 saturated heterocycles. The molecular weight excluding hydrogens is 522 g/mol. The molecule has 3 rings (SSSR count). The summed E-state index contributed by atoms with van der Waals surface area (Å²) >= 11 is 0. The van der Waals surface area contributed by atoms with Crippen molar-refractivity contribution in [3.8, 4) is 22.6 Å². The monoisotopic (exact) mass is 555 g/mol. The van der Waals surface area contributed by atoms with Crippen molar-refractivity contribution in [2.45, 2.75) is 49.5 Å². The van der Waals surface area contributed by atoms with Crippen LogP contribution in [0, 0.1) is 0 Å². The van der Waals surface area contributed by atoms with Gasteiger partial charge in [-0.25, -0.2) is 4.79 Å². The van der Waals surface area contributed by atoms with E-state index in [2.05, 4.69) is 22.5 Å². The lowest BCUT2D eigenvalue weighted by molar-refractivity contribution is -0.141. The highest BCUT2D eigenvalue weighted by Gasteiger charge is 2.32. The van der Waals surface area contributed by atoms with E-state index in [0.29, 0.717) is 16.7 Å². The summed E-state index contributed by atoms with van der Waals surface area (Å²) < 4.78 is 0. The number of nitrogens with one attached hydrogen (secondary N) is 3. The minimum absolute atomic E-state index is 0.0899. The number of phenolic OH excluding ortho intramolecular Hbond substituents is 2. The van der Waals surface area contributed by atoms with Gasteiger partial charge in [0, 0.05) is 25.8 Å². The van der Waals surface area contributed by atoms with Crippen molar-refractivity contribution in [2.24, 2.45) is 11.5 Å². The molecule has 1 aliphatic rings. The second-order valence-electron chi connectivity index (χ2n) is 9.51. The first-order valence-corrected chi connectivity index (χ1v) is 12.5. The fourth-order valence-corrected chi connectivity index (χ4v) is 4.24. The summed E-state index contributed by atoms with van der Waals surface area (Å²) in [6, 6.07) is 3.80. The van der Waals surface area contributed by atoms with Crippen molar-refractivity contribution in [3.05, 3.63) is 60.2 Å². The number of carbonyl (C=O) groups excluding carboxylic acids is 3. The summed E-state index contributed by atoms with van der Waals surface area (Å²) in [6.07, 6.45) is -0.878. The van der Waals surface area contributed by atoms with Crippen molar-refractivity contribution < 1.29 is 39.6 Å². The molecule has 0 aliphatic carbocycles. The van der Waals surface area contributed by atoms with Gasteiger partial charge in [0.2, 0.25) is 17.7 Å². The molecule has 0 unspecified atom stereocenters. The first kappa shape index (κ1) is 30.1. The minimum atomic E-state index is -1.47. The van der Waals surface area contributed by atoms with Gasteiger partial charge in [-0.2, -0.15) is 0 Å². The third-order valence-corrected chi connectivity index (χ3v) is 6.54. The molecule has 13 heteroatoms. The van der Waals surface area contributed by atoms with Crippen LogP contribution in [-0.4, -0.2) is 80.9 Å². The molecule has 0 aromatic heterocycles. The highest BCUT2D eigenvalue weighted by atomic mass is 16.4. The summed E-state index contributed by atoms with van der Waals surface area (Å²) in [5, 5.41) is 47.6. The van der Waals surface area contributed by atoms with E-state index in [1.165, 1.54) is 12.1 Å². The van der Waals surface area contributed by atoms with Gasteiger partial charge in [-0.1, -0.05) is 18.2 Å². The zero-order chi connectivity index (χ0) is 29.6. The summed E-state index contributed by atoms with van der Waals surface area (Å²) in [7, 11) is 0. The van der Waals surface area contributed by atoms with Gasteiger partial charge in [-0.05, 0) is 46.5 Å². The first-order valence-electron chi connectivity index (χ1n) is 12.5. The highest BCUT2D eigenvalue weighted by Crippen LogP contribution is 2.30. The number of fused-ring (bicyclic) bond motifs is 5. The quantitative estimate of drug-likeness (QED) is 0.182. The Hall–Kier alpha value is -4.46. The average molecular weight is 556 g/mol. The Morgan fingerprint density at radius 3 is 2.12 bits per heavy atom. The lowest BCUT2D eigenvalue weighted by Crippen LogP contribution is -2.58. The summed E-state index contributed by atoms with van der Waals surface area (Å²) in [5.41, 5.74) is 13.4. The number of hydrogen-bond donors (Lipinski definition) is 9. The summed E-state index contributed by atoms with van der Waals surface area (Å²) in [6.45, 7) is 3.16. The standard InChI is InChI=1S/C27H33N5O8/c1-2-19(27(39)40)30-25(37)20-10-16-8-14(4-6-23(16)35)13-3-5-22(34)15(7-13)9-18(29)24(36)31-21(26(38)32-20)11-17(33)12-28/h2-8,17-21,33-35H,1,9-12,28-29H2,(H,30,37)(H,31,36)(H,32,38)(H,39,40)/t17-,18+,19+,20+,21+/m1/s1. The fraction of sp³-hybridized carbons (Fsp3) is 0.333. The van der Waals surface area contributed by atoms with Gasteiger partial charge in [0.15, 0.2) is 0 Å². The Bertz CT molecular complexity index is 1300. The van der Waals surface area contributed by atoms with Gasteiger partial charge in [-0.3, -0.25) is 14.4 Å². The number of rotatable bonds is 7. The number of aliphatic carboxylic acids is 1. The Kier molecular flexibility index (Phi) is 9.82. The predicted molar refractivity (Wildman–Crippen MR) is 144 cm³/mol. The minimum Gasteiger partial charge on any atom is -0.508 e. The zero-order valence-electron chi connectivity index (χ0n) is 21.5. The average Bonchev–Trinajstić information content (AvgIpc) is 2.92. The van der Waals surface area contributed by atoms with Gasteiger partial charge < -0.3 is 47.8 Å². The van der Waals surface area contributed by atoms with Crippen LogP contribution >= 0.6 is 0 Å². The van der Waals surface area contributed by atoms with Crippen molar-refractivity contribution in [2.75, 3.05) is 6.54 Å². The second-order valence-corrected chi connectivity index (χ2v) is 9.51. The van der Waals surface area contributed by atoms with Crippen LogP contribution in [0.5, 0.6) is 11.5 Å². The molecule has 0 fully saturated rings. The molecule has 4 bridgehead atoms. The normalized spacial score (nSPS) is 21.0. The lowest BCUT2D eigenvalue weighted by Gasteiger charge is -2.26. The third-order valence-electron chi connectivity index (χ3n) is 6.54. The molecule has 0 spiro atoms. The van der Waals surface area contributed by atoms with Crippen LogP contribution in [0.25, 0.3) is 11.1 Å². The molecule has 11 N–H and O–H groups in total. The number of aliphatic hydroxyl groups excluding tert-OH is 1. The number of carbonyl (C=O) groups is 4. The number of nitrogens with two attached hydrogens (primary N) is 2. The van der Waals surface area contributed by atoms with Crippen LogP contribution in [-0.2, 0) is 32.0 Å². The molecular formula is C27H33N5O8. The van der Waals surface area contributed by atoms with Crippen LogP contribution in [0.4, 0.5) is 0 Å². The van der Waals surface area contributed by atoms with E-state index in [4.69, 9.17) is 11.5 Å². The molecule has 40 heavy (non-hydrogen) atoms. The van der Waals surface area contributed by atoms with Crippen LogP contribution in [0.3, 0.4) is 0 Å². The van der Waals surface area contributed by atoms with E-state index in [1.807, 2.05) is 0 Å². The van der Waals surface area contributed by atoms with Crippen molar-refractivity contribution in [1.82, 2.24) is 16.0 Å². The van der Waals surface area contributed by atoms with Gasteiger partial charge in [0.05, 0.1) is 12.1 Å². The van der Waals surface area contributed by atoms with Crippen molar-refractivity contribution in [3.63, 3.8) is 0 Å². The van der Waals surface area contributed by atoms with Gasteiger partial charge >= 0.3 is 5.97 Å². The number of hydrogen-bond acceptors (Lipinski definition) is 9. The third kappa shape index (κ3) is 7.34. The van der Waals surface area contributed by atoms with E-state index >= 15 is 0 Å². The Morgan fingerprint density at radius 1 is 1.02 bits per heavy atom. The summed E-state index contributed by atoms with van der Waals surface area (Å²) in [5.74, 6) is -4.22. The van der Waals surface area contributed by atoms with Crippen molar-refractivity contribution >= 4 is 23.7 Å². The maximum atomic E-state index is 13.3. The van der Waals surface area contributed by atoms with Gasteiger partial charge in [0.25, 0.3) is 0 Å². The number of benzene rings is 2. The predicted octanol–water partition coefficient (Wildman–Crippen LogP) is -1.37. The van der Waals surface area contributed by atoms with E-state index in [0.717, 1.165) is 6.08 Å². The lowest BCUT2D eigenvalue weighted by atomic mass is 9.95. The van der Waals surface area contributed by atoms with Crippen LogP contribution < -0.4 is 27.4 Å². The number of aliphatic hydroxyl groups is 1. The topological polar surface area (TPSA) is 237 Å². The SMILES string of the molecule is C=C[C@H](NC(=O)[C@@H]1Cc2cc(ccc2O)-c2ccc(O)c(c2)C[C@H](N)C(=O)N[C@@H](C[C@@H](O)CN)C(=O)N1)C(=O)O. The molecule has 1 heterocycles. The molecule has 13 nitrogen and oxygen atoms in total. The van der Waals surface area contributed by atoms with E-state index in [1.54, 1.807) is 24.3 Å². The smallest absolute Gasteiger partial charge is 0.330 e. The number of phenols is 2. The van der Waals surface area contributed by atoms with Crippen LogP contribution in [0.2, 0.25) is 0 Å². The molecule has 2 aromatic rings. The molecule has 2 aromatic carbocycles. The zero-order valence-corrected chi connectivity index (χ0v) is 21.5. The first-order chi connectivity index (χ1) is 18.9. The molecule has 5 atom stereocenters. The van der Waals surface area contributed by atoms with E-state index in [-0.39, 0.29) is 42.9 Å². The largest absolute Gasteiger partial charge is 0.508 e. The molecule has 1 aliphatic heterocycles. The maximum Gasteiger partial charge on any atom is 0.330 e. The summed E-state index contributed by atoms with van der Waals surface area (Å²) in [4.78, 5) is 50.9. The maximum absolute atomic E-state index is 13.3. The Labute approximate surface area is 229 Å². The fourth-order valence-electron chi connectivity index (χ4n) is 4.24. The second kappa shape index (κ2) is 13.1. The van der Waals surface area contributed by atoms with E-state index in [9.17, 15) is 39.6 Å². The molecule has 0 saturated carbocycles. The molecule has 214 valence electrons. The number of aromatic hydroxyl groups is 2. The van der Waals surface area contributed by atoms with Gasteiger partial charge in [-0.15, -0.1) is 6.58 Å². The number of carboxylic acids is 1. The molecule has 3 amide bonds.